The number of nitrogens with one attached hydrogen (secondary N) is 1. The molecule has 8 heteroatoms. The van der Waals surface area contributed by atoms with Crippen molar-refractivity contribution in [3.8, 4) is 0 Å². The Morgan fingerprint density at radius 2 is 1.89 bits per heavy atom. The van der Waals surface area contributed by atoms with Crippen LogP contribution < -0.4 is 10.2 Å². The minimum atomic E-state index is -0.190. The van der Waals surface area contributed by atoms with E-state index in [9.17, 15) is 4.39 Å². The van der Waals surface area contributed by atoms with Crippen LogP contribution in [0.4, 0.5) is 10.1 Å². The fourth-order valence-electron chi connectivity index (χ4n) is 3.42. The molecule has 2 saturated heterocycles. The van der Waals surface area contributed by atoms with Crippen LogP contribution in [0, 0.1) is 5.82 Å². The number of aliphatic imine (C=N–C) groups is 1. The number of ether oxygens (including phenoxy) is 1. The number of hydrogen-bond acceptors (Lipinski definition) is 4. The molecule has 0 bridgehead atoms. The van der Waals surface area contributed by atoms with Crippen LogP contribution in [-0.2, 0) is 4.74 Å². The van der Waals surface area contributed by atoms with Crippen molar-refractivity contribution in [1.29, 1.82) is 0 Å². The summed E-state index contributed by atoms with van der Waals surface area (Å²) < 4.78 is 18.9. The van der Waals surface area contributed by atoms with Crippen LogP contribution >= 0.6 is 24.0 Å². The maximum Gasteiger partial charge on any atom is 0.194 e. The second-order valence-corrected chi connectivity index (χ2v) is 6.90. The SMILES string of the molecule is CCNC(=NCC1CN(C)CCO1)N1CCN(c2ccc(F)cc2)CC1.I. The molecule has 6 nitrogen and oxygen atoms in total. The molecular formula is C19H31FIN5O. The lowest BCUT2D eigenvalue weighted by molar-refractivity contribution is -0.0137. The summed E-state index contributed by atoms with van der Waals surface area (Å²) in [5.74, 6) is 0.771. The molecular weight excluding hydrogens is 460 g/mol. The molecule has 2 aliphatic heterocycles. The first-order valence-electron chi connectivity index (χ1n) is 9.49. The Bertz CT molecular complexity index is 592. The largest absolute Gasteiger partial charge is 0.374 e. The average molecular weight is 491 g/mol. The highest BCUT2D eigenvalue weighted by Crippen LogP contribution is 2.17. The van der Waals surface area contributed by atoms with Gasteiger partial charge in [-0.05, 0) is 38.2 Å². The molecule has 2 fully saturated rings. The van der Waals surface area contributed by atoms with Gasteiger partial charge < -0.3 is 24.8 Å². The first-order valence-corrected chi connectivity index (χ1v) is 9.49. The Morgan fingerprint density at radius 1 is 1.19 bits per heavy atom. The predicted octanol–water partition coefficient (Wildman–Crippen LogP) is 1.86. The van der Waals surface area contributed by atoms with Gasteiger partial charge in [-0.3, -0.25) is 4.99 Å². The Labute approximate surface area is 178 Å². The van der Waals surface area contributed by atoms with E-state index in [-0.39, 0.29) is 35.9 Å². The second-order valence-electron chi connectivity index (χ2n) is 6.90. The van der Waals surface area contributed by atoms with Crippen molar-refractivity contribution in [3.05, 3.63) is 30.1 Å². The van der Waals surface area contributed by atoms with Crippen LogP contribution in [0.2, 0.25) is 0 Å². The molecule has 1 aromatic carbocycles. The van der Waals surface area contributed by atoms with E-state index in [0.717, 1.165) is 64.1 Å². The number of likely N-dealkylation sites (N-methyl/N-ethyl adjacent to an activating group) is 1. The van der Waals surface area contributed by atoms with Gasteiger partial charge in [0.2, 0.25) is 0 Å². The summed E-state index contributed by atoms with van der Waals surface area (Å²) in [5.41, 5.74) is 1.08. The fraction of sp³-hybridized carbons (Fsp3) is 0.632. The molecule has 27 heavy (non-hydrogen) atoms. The highest BCUT2D eigenvalue weighted by Gasteiger charge is 2.21. The molecule has 1 atom stereocenters. The third-order valence-electron chi connectivity index (χ3n) is 4.89. The molecule has 2 aliphatic rings. The Morgan fingerprint density at radius 3 is 2.52 bits per heavy atom. The van der Waals surface area contributed by atoms with E-state index in [1.54, 1.807) is 0 Å². The van der Waals surface area contributed by atoms with Gasteiger partial charge in [-0.25, -0.2) is 4.39 Å². The highest BCUT2D eigenvalue weighted by atomic mass is 127. The third-order valence-corrected chi connectivity index (χ3v) is 4.89. The van der Waals surface area contributed by atoms with Crippen LogP contribution in [0.25, 0.3) is 0 Å². The number of nitrogens with zero attached hydrogens (tertiary/aromatic N) is 4. The minimum absolute atomic E-state index is 0. The number of guanidine groups is 1. The van der Waals surface area contributed by atoms with Crippen LogP contribution in [-0.4, -0.2) is 87.9 Å². The first kappa shape index (κ1) is 22.2. The van der Waals surface area contributed by atoms with Gasteiger partial charge in [0.25, 0.3) is 0 Å². The van der Waals surface area contributed by atoms with Crippen LogP contribution in [0.15, 0.2) is 29.3 Å². The zero-order chi connectivity index (χ0) is 18.4. The van der Waals surface area contributed by atoms with E-state index in [1.807, 2.05) is 12.1 Å². The van der Waals surface area contributed by atoms with Crippen molar-refractivity contribution in [3.63, 3.8) is 0 Å². The van der Waals surface area contributed by atoms with Gasteiger partial charge >= 0.3 is 0 Å². The lowest BCUT2D eigenvalue weighted by atomic mass is 10.2. The number of piperazine rings is 1. The highest BCUT2D eigenvalue weighted by molar-refractivity contribution is 14.0. The van der Waals surface area contributed by atoms with E-state index in [1.165, 1.54) is 12.1 Å². The zero-order valence-corrected chi connectivity index (χ0v) is 18.6. The van der Waals surface area contributed by atoms with E-state index in [2.05, 4.69) is 34.0 Å². The first-order chi connectivity index (χ1) is 12.7. The standard InChI is InChI=1S/C19H30FN5O.HI/c1-3-21-19(22-14-18-15-23(2)12-13-26-18)25-10-8-24(9-11-25)17-6-4-16(20)5-7-17;/h4-7,18H,3,8-15H2,1-2H3,(H,21,22);1H. The van der Waals surface area contributed by atoms with E-state index in [0.29, 0.717) is 6.54 Å². The molecule has 1 N–H and O–H groups in total. The van der Waals surface area contributed by atoms with Crippen molar-refractivity contribution in [2.45, 2.75) is 13.0 Å². The molecule has 3 rings (SSSR count). The van der Waals surface area contributed by atoms with Gasteiger partial charge in [0, 0.05) is 51.5 Å². The van der Waals surface area contributed by atoms with Crippen molar-refractivity contribution in [2.24, 2.45) is 4.99 Å². The molecule has 0 radical (unpaired) electrons. The lowest BCUT2D eigenvalue weighted by Gasteiger charge is -2.38. The number of morpholine rings is 1. The minimum Gasteiger partial charge on any atom is -0.374 e. The summed E-state index contributed by atoms with van der Waals surface area (Å²) in [5, 5.41) is 3.40. The van der Waals surface area contributed by atoms with Gasteiger partial charge in [0.1, 0.15) is 5.82 Å². The molecule has 152 valence electrons. The van der Waals surface area contributed by atoms with E-state index >= 15 is 0 Å². The molecule has 0 saturated carbocycles. The molecule has 2 heterocycles. The topological polar surface area (TPSA) is 43.3 Å². The van der Waals surface area contributed by atoms with E-state index in [4.69, 9.17) is 9.73 Å². The van der Waals surface area contributed by atoms with Crippen molar-refractivity contribution in [1.82, 2.24) is 15.1 Å². The fourth-order valence-corrected chi connectivity index (χ4v) is 3.42. The number of benzene rings is 1. The summed E-state index contributed by atoms with van der Waals surface area (Å²) in [6.07, 6.45) is 0.169. The average Bonchev–Trinajstić information content (AvgIpc) is 2.66. The van der Waals surface area contributed by atoms with Crippen molar-refractivity contribution >= 4 is 35.6 Å². The Balaban J connectivity index is 0.00000261. The quantitative estimate of drug-likeness (QED) is 0.396. The second kappa shape index (κ2) is 11.0. The van der Waals surface area contributed by atoms with Crippen LogP contribution in [0.5, 0.6) is 0 Å². The summed E-state index contributed by atoms with van der Waals surface area (Å²) >= 11 is 0. The van der Waals surface area contributed by atoms with Gasteiger partial charge in [0.15, 0.2) is 5.96 Å². The summed E-state index contributed by atoms with van der Waals surface area (Å²) in [7, 11) is 2.12. The number of hydrogen-bond donors (Lipinski definition) is 1. The maximum atomic E-state index is 13.1. The molecule has 1 unspecified atom stereocenters. The van der Waals surface area contributed by atoms with E-state index < -0.39 is 0 Å². The number of anilines is 1. The van der Waals surface area contributed by atoms with Gasteiger partial charge in [-0.2, -0.15) is 0 Å². The molecule has 0 spiro atoms. The number of halogens is 2. The predicted molar refractivity (Wildman–Crippen MR) is 119 cm³/mol. The van der Waals surface area contributed by atoms with Crippen molar-refractivity contribution in [2.75, 3.05) is 70.9 Å². The molecule has 0 amide bonds. The van der Waals surface area contributed by atoms with Crippen LogP contribution in [0.3, 0.4) is 0 Å². The monoisotopic (exact) mass is 491 g/mol. The maximum absolute atomic E-state index is 13.1. The van der Waals surface area contributed by atoms with Gasteiger partial charge in [-0.15, -0.1) is 24.0 Å². The van der Waals surface area contributed by atoms with Gasteiger partial charge in [0.05, 0.1) is 19.3 Å². The zero-order valence-electron chi connectivity index (χ0n) is 16.2. The third kappa shape index (κ3) is 6.46. The number of rotatable bonds is 4. The van der Waals surface area contributed by atoms with Gasteiger partial charge in [-0.1, -0.05) is 0 Å². The molecule has 0 aliphatic carbocycles. The Kier molecular flexibility index (Phi) is 9.04. The Hall–Kier alpha value is -1.13. The summed E-state index contributed by atoms with van der Waals surface area (Å²) in [6.45, 7) is 9.93. The normalized spacial score (nSPS) is 21.7. The van der Waals surface area contributed by atoms with Crippen molar-refractivity contribution < 1.29 is 9.13 Å². The summed E-state index contributed by atoms with van der Waals surface area (Å²) in [4.78, 5) is 11.7. The van der Waals surface area contributed by atoms with Crippen LogP contribution in [0.1, 0.15) is 6.92 Å². The lowest BCUT2D eigenvalue weighted by Crippen LogP contribution is -2.53. The summed E-state index contributed by atoms with van der Waals surface area (Å²) in [6, 6.07) is 6.74. The smallest absolute Gasteiger partial charge is 0.194 e. The molecule has 0 aromatic heterocycles. The molecule has 1 aromatic rings.